The van der Waals surface area contributed by atoms with E-state index in [1.165, 1.54) is 36.4 Å². The molecule has 0 fully saturated rings. The van der Waals surface area contributed by atoms with Crippen LogP contribution in [0.1, 0.15) is 18.1 Å². The predicted octanol–water partition coefficient (Wildman–Crippen LogP) is 4.67. The van der Waals surface area contributed by atoms with Gasteiger partial charge < -0.3 is 4.74 Å². The first-order valence-electron chi connectivity index (χ1n) is 12.0. The molecular weight excluding hydrogens is 597 g/mol. The Bertz CT molecular complexity index is 1870. The first-order valence-corrected chi connectivity index (χ1v) is 14.9. The molecule has 0 amide bonds. The maximum atomic E-state index is 13.6. The fourth-order valence-electron chi connectivity index (χ4n) is 4.14. The number of nitriles is 1. The van der Waals surface area contributed by atoms with Gasteiger partial charge in [0.05, 0.1) is 38.9 Å². The quantitative estimate of drug-likeness (QED) is 0.185. The van der Waals surface area contributed by atoms with Crippen LogP contribution in [0.4, 0.5) is 24.7 Å². The Balaban J connectivity index is 1.86. The normalized spacial score (nSPS) is 12.0. The van der Waals surface area contributed by atoms with Gasteiger partial charge in [-0.3, -0.25) is 9.10 Å². The number of hydrogen-bond donors (Lipinski definition) is 0. The van der Waals surface area contributed by atoms with Crippen molar-refractivity contribution >= 4 is 48.8 Å². The van der Waals surface area contributed by atoms with E-state index in [0.29, 0.717) is 16.4 Å². The number of sulfonamides is 2. The molecule has 0 saturated carbocycles. The minimum absolute atomic E-state index is 0.00515. The second-order valence-corrected chi connectivity index (χ2v) is 12.3. The van der Waals surface area contributed by atoms with Crippen LogP contribution in [0.25, 0.3) is 10.8 Å². The van der Waals surface area contributed by atoms with Gasteiger partial charge >= 0.3 is 6.18 Å². The lowest BCUT2D eigenvalue weighted by molar-refractivity contribution is -0.137. The van der Waals surface area contributed by atoms with E-state index in [4.69, 9.17) is 10.00 Å². The second kappa shape index (κ2) is 11.7. The monoisotopic (exact) mass is 618 g/mol. The Morgan fingerprint density at radius 1 is 0.881 bits per heavy atom. The zero-order valence-corrected chi connectivity index (χ0v) is 23.3. The summed E-state index contributed by atoms with van der Waals surface area (Å²) in [7, 11) is -8.80. The Morgan fingerprint density at radius 3 is 1.95 bits per heavy atom. The Morgan fingerprint density at radius 2 is 1.43 bits per heavy atom. The molecule has 0 saturated heterocycles. The summed E-state index contributed by atoms with van der Waals surface area (Å²) in [6.45, 7) is 0.664. The Hall–Kier alpha value is -4.68. The first-order chi connectivity index (χ1) is 19.9. The van der Waals surface area contributed by atoms with Crippen LogP contribution in [0.2, 0.25) is 0 Å². The number of pyridine rings is 1. The highest BCUT2D eigenvalue weighted by Gasteiger charge is 2.33. The van der Waals surface area contributed by atoms with Gasteiger partial charge in [-0.05, 0) is 55.5 Å². The number of alkyl halides is 3. The summed E-state index contributed by atoms with van der Waals surface area (Å²) in [5, 5.41) is 9.45. The molecule has 1 heterocycles. The van der Waals surface area contributed by atoms with Crippen LogP contribution < -0.4 is 8.61 Å². The standard InChI is InChI=1S/C27H21F3N4O6S2/c1-2-33(41(36,37)21-11-7-19(15-31)8-12-21)25-16-32-26(24-6-4-3-5-23(24)25)34(17-40-18-35)42(38,39)22-13-9-20(10-14-22)27(28,29)30/h3-14,16,18H,2,17H2,1H3. The van der Waals surface area contributed by atoms with E-state index in [2.05, 4.69) is 4.98 Å². The van der Waals surface area contributed by atoms with E-state index >= 15 is 0 Å². The SMILES string of the molecule is CCN(c1cnc(N(COC=O)S(=O)(=O)c2ccc(C(F)(F)F)cc2)c2ccccc12)S(=O)(=O)c1ccc(C#N)cc1. The van der Waals surface area contributed by atoms with Crippen LogP contribution in [0, 0.1) is 11.3 Å². The topological polar surface area (TPSA) is 138 Å². The second-order valence-electron chi connectivity index (χ2n) is 8.59. The van der Waals surface area contributed by atoms with Crippen molar-refractivity contribution in [2.24, 2.45) is 0 Å². The lowest BCUT2D eigenvalue weighted by Gasteiger charge is -2.27. The number of fused-ring (bicyclic) bond motifs is 1. The van der Waals surface area contributed by atoms with E-state index in [9.17, 15) is 34.8 Å². The molecule has 4 aromatic rings. The summed E-state index contributed by atoms with van der Waals surface area (Å²) in [5.74, 6) is -0.261. The van der Waals surface area contributed by atoms with Gasteiger partial charge in [0, 0.05) is 17.3 Å². The molecule has 0 atom stereocenters. The molecule has 15 heteroatoms. The number of halogens is 3. The highest BCUT2D eigenvalue weighted by molar-refractivity contribution is 7.93. The number of hydrogen-bond acceptors (Lipinski definition) is 8. The third kappa shape index (κ3) is 5.71. The van der Waals surface area contributed by atoms with Crippen LogP contribution in [0.15, 0.2) is 88.8 Å². The van der Waals surface area contributed by atoms with Gasteiger partial charge in [-0.25, -0.2) is 26.1 Å². The fourth-order valence-corrected chi connectivity index (χ4v) is 6.93. The maximum Gasteiger partial charge on any atom is 0.416 e. The van der Waals surface area contributed by atoms with Crippen LogP contribution >= 0.6 is 0 Å². The molecule has 4 rings (SSSR count). The van der Waals surface area contributed by atoms with Gasteiger partial charge in [0.1, 0.15) is 0 Å². The van der Waals surface area contributed by atoms with E-state index in [0.717, 1.165) is 22.6 Å². The molecule has 0 aliphatic heterocycles. The number of rotatable bonds is 10. The van der Waals surface area contributed by atoms with Gasteiger partial charge in [0.2, 0.25) is 0 Å². The molecule has 10 nitrogen and oxygen atoms in total. The maximum absolute atomic E-state index is 13.6. The van der Waals surface area contributed by atoms with E-state index in [1.807, 2.05) is 6.07 Å². The van der Waals surface area contributed by atoms with Crippen molar-refractivity contribution in [1.82, 2.24) is 4.98 Å². The van der Waals surface area contributed by atoms with Gasteiger partial charge in [-0.15, -0.1) is 0 Å². The van der Waals surface area contributed by atoms with Crippen LogP contribution in [0.3, 0.4) is 0 Å². The van der Waals surface area contributed by atoms with Gasteiger partial charge in [-0.2, -0.15) is 18.4 Å². The Labute approximate surface area is 239 Å². The summed E-state index contributed by atoms with van der Waals surface area (Å²) in [6, 6.07) is 16.1. The van der Waals surface area contributed by atoms with Gasteiger partial charge in [0.15, 0.2) is 12.5 Å². The lowest BCUT2D eigenvalue weighted by atomic mass is 10.1. The van der Waals surface area contributed by atoms with Crippen molar-refractivity contribution in [3.8, 4) is 6.07 Å². The summed E-state index contributed by atoms with van der Waals surface area (Å²) >= 11 is 0. The average molecular weight is 619 g/mol. The summed E-state index contributed by atoms with van der Waals surface area (Å²) < 4.78 is 99.9. The highest BCUT2D eigenvalue weighted by atomic mass is 32.2. The summed E-state index contributed by atoms with van der Waals surface area (Å²) in [6.07, 6.45) is -3.56. The molecule has 0 spiro atoms. The molecule has 0 unspecified atom stereocenters. The molecule has 0 radical (unpaired) electrons. The van der Waals surface area contributed by atoms with Crippen molar-refractivity contribution in [3.63, 3.8) is 0 Å². The number of carbonyl (C=O) groups excluding carboxylic acids is 1. The first kappa shape index (κ1) is 30.3. The molecule has 42 heavy (non-hydrogen) atoms. The number of carbonyl (C=O) groups is 1. The minimum atomic E-state index is -4.69. The Kier molecular flexibility index (Phi) is 8.41. The van der Waals surface area contributed by atoms with Crippen LogP contribution in [0.5, 0.6) is 0 Å². The fraction of sp³-hybridized carbons (Fsp3) is 0.148. The molecule has 3 aromatic carbocycles. The van der Waals surface area contributed by atoms with Crippen LogP contribution in [-0.2, 0) is 35.8 Å². The van der Waals surface area contributed by atoms with Crippen molar-refractivity contribution < 1.29 is 39.5 Å². The zero-order chi connectivity index (χ0) is 30.7. The summed E-state index contributed by atoms with van der Waals surface area (Å²) in [4.78, 5) is 14.6. The molecule has 0 aliphatic carbocycles. The van der Waals surface area contributed by atoms with E-state index < -0.39 is 43.4 Å². The highest BCUT2D eigenvalue weighted by Crippen LogP contribution is 2.37. The molecule has 0 aliphatic rings. The summed E-state index contributed by atoms with van der Waals surface area (Å²) in [5.41, 5.74) is -0.696. The number of anilines is 2. The van der Waals surface area contributed by atoms with E-state index in [1.54, 1.807) is 19.1 Å². The smallest absolute Gasteiger partial charge is 0.416 e. The van der Waals surface area contributed by atoms with E-state index in [-0.39, 0.29) is 45.8 Å². The number of ether oxygens (including phenoxy) is 1. The van der Waals surface area contributed by atoms with Crippen molar-refractivity contribution in [1.29, 1.82) is 5.26 Å². The minimum Gasteiger partial charge on any atom is -0.445 e. The molecule has 218 valence electrons. The molecule has 0 bridgehead atoms. The largest absolute Gasteiger partial charge is 0.445 e. The van der Waals surface area contributed by atoms with Gasteiger partial charge in [-0.1, -0.05) is 24.3 Å². The van der Waals surface area contributed by atoms with Crippen molar-refractivity contribution in [2.75, 3.05) is 21.9 Å². The zero-order valence-electron chi connectivity index (χ0n) is 21.7. The number of benzene rings is 3. The van der Waals surface area contributed by atoms with Crippen molar-refractivity contribution in [2.45, 2.75) is 22.9 Å². The predicted molar refractivity (Wildman–Crippen MR) is 146 cm³/mol. The number of nitrogens with zero attached hydrogens (tertiary/aromatic N) is 4. The van der Waals surface area contributed by atoms with Crippen LogP contribution in [-0.4, -0.2) is 41.6 Å². The lowest BCUT2D eigenvalue weighted by Crippen LogP contribution is -2.35. The average Bonchev–Trinajstić information content (AvgIpc) is 2.98. The third-order valence-electron chi connectivity index (χ3n) is 6.15. The van der Waals surface area contributed by atoms with Gasteiger partial charge in [0.25, 0.3) is 26.5 Å². The number of aromatic nitrogens is 1. The molecule has 1 aromatic heterocycles. The van der Waals surface area contributed by atoms with Crippen molar-refractivity contribution in [3.05, 3.63) is 90.1 Å². The third-order valence-corrected chi connectivity index (χ3v) is 9.78. The molecular formula is C27H21F3N4O6S2. The molecule has 0 N–H and O–H groups in total.